The fourth-order valence-electron chi connectivity index (χ4n) is 3.16. The summed E-state index contributed by atoms with van der Waals surface area (Å²) in [5.41, 5.74) is 5.68. The van der Waals surface area contributed by atoms with Crippen molar-refractivity contribution in [2.45, 2.75) is 82.2 Å². The zero-order valence-electron chi connectivity index (χ0n) is 11.2. The summed E-state index contributed by atoms with van der Waals surface area (Å²) >= 11 is 0. The molecule has 2 saturated carbocycles. The van der Waals surface area contributed by atoms with Gasteiger partial charge in [-0.25, -0.2) is 0 Å². The first kappa shape index (κ1) is 15.8. The van der Waals surface area contributed by atoms with Crippen molar-refractivity contribution in [3.63, 3.8) is 0 Å². The van der Waals surface area contributed by atoms with Crippen molar-refractivity contribution in [1.29, 1.82) is 0 Å². The van der Waals surface area contributed by atoms with E-state index in [-0.39, 0.29) is 18.3 Å². The standard InChI is InChI=1S/C14H26N2O.ClH/c15-14(10-6-3-7-11-14)13(17)16-12-8-4-1-2-5-9-12;/h12H,1-11,15H2,(H,16,17);1H. The molecule has 18 heavy (non-hydrogen) atoms. The van der Waals surface area contributed by atoms with E-state index in [0.29, 0.717) is 6.04 Å². The molecule has 106 valence electrons. The average molecular weight is 275 g/mol. The van der Waals surface area contributed by atoms with Crippen LogP contribution in [0.1, 0.15) is 70.6 Å². The van der Waals surface area contributed by atoms with Gasteiger partial charge in [0.05, 0.1) is 5.54 Å². The summed E-state index contributed by atoms with van der Waals surface area (Å²) < 4.78 is 0. The Balaban J connectivity index is 0.00000162. The number of carbonyl (C=O) groups is 1. The minimum absolute atomic E-state index is 0. The summed E-state index contributed by atoms with van der Waals surface area (Å²) in [4.78, 5) is 12.3. The second kappa shape index (κ2) is 7.34. The Morgan fingerprint density at radius 3 is 2.00 bits per heavy atom. The van der Waals surface area contributed by atoms with Gasteiger partial charge in [0.1, 0.15) is 0 Å². The molecule has 0 atom stereocenters. The summed E-state index contributed by atoms with van der Waals surface area (Å²) in [5, 5.41) is 3.21. The zero-order chi connectivity index (χ0) is 12.1. The maximum Gasteiger partial charge on any atom is 0.240 e. The molecule has 2 rings (SSSR count). The van der Waals surface area contributed by atoms with Crippen molar-refractivity contribution in [1.82, 2.24) is 5.32 Å². The van der Waals surface area contributed by atoms with Gasteiger partial charge in [0.25, 0.3) is 0 Å². The van der Waals surface area contributed by atoms with Crippen LogP contribution < -0.4 is 11.1 Å². The predicted molar refractivity (Wildman–Crippen MR) is 76.9 cm³/mol. The van der Waals surface area contributed by atoms with Crippen LogP contribution in [0.2, 0.25) is 0 Å². The molecule has 0 aromatic rings. The third-order valence-corrected chi connectivity index (χ3v) is 4.39. The van der Waals surface area contributed by atoms with E-state index < -0.39 is 5.54 Å². The van der Waals surface area contributed by atoms with Gasteiger partial charge in [0.15, 0.2) is 0 Å². The van der Waals surface area contributed by atoms with Gasteiger partial charge in [-0.15, -0.1) is 12.4 Å². The van der Waals surface area contributed by atoms with Crippen LogP contribution in [-0.2, 0) is 4.79 Å². The van der Waals surface area contributed by atoms with E-state index in [1.165, 1.54) is 32.1 Å². The Hall–Kier alpha value is -0.280. The highest BCUT2D eigenvalue weighted by atomic mass is 35.5. The molecule has 2 aliphatic carbocycles. The molecule has 0 bridgehead atoms. The van der Waals surface area contributed by atoms with Crippen LogP contribution in [0.25, 0.3) is 0 Å². The third kappa shape index (κ3) is 4.13. The van der Waals surface area contributed by atoms with Crippen LogP contribution in [0.15, 0.2) is 0 Å². The largest absolute Gasteiger partial charge is 0.352 e. The molecule has 0 aromatic carbocycles. The highest BCUT2D eigenvalue weighted by molar-refractivity contribution is 5.86. The molecular weight excluding hydrogens is 248 g/mol. The Bertz CT molecular complexity index is 257. The van der Waals surface area contributed by atoms with Crippen molar-refractivity contribution in [3.05, 3.63) is 0 Å². The highest BCUT2D eigenvalue weighted by Crippen LogP contribution is 2.27. The summed E-state index contributed by atoms with van der Waals surface area (Å²) in [6.07, 6.45) is 12.6. The quantitative estimate of drug-likeness (QED) is 0.761. The van der Waals surface area contributed by atoms with E-state index in [2.05, 4.69) is 5.32 Å². The molecule has 0 aliphatic heterocycles. The van der Waals surface area contributed by atoms with Crippen LogP contribution in [0.3, 0.4) is 0 Å². The fourth-order valence-corrected chi connectivity index (χ4v) is 3.16. The number of rotatable bonds is 2. The second-order valence-corrected chi connectivity index (χ2v) is 5.88. The zero-order valence-corrected chi connectivity index (χ0v) is 12.1. The van der Waals surface area contributed by atoms with E-state index in [4.69, 9.17) is 5.73 Å². The van der Waals surface area contributed by atoms with Crippen LogP contribution in [0.4, 0.5) is 0 Å². The summed E-state index contributed by atoms with van der Waals surface area (Å²) in [6, 6.07) is 0.382. The minimum Gasteiger partial charge on any atom is -0.352 e. The van der Waals surface area contributed by atoms with Crippen molar-refractivity contribution < 1.29 is 4.79 Å². The van der Waals surface area contributed by atoms with E-state index >= 15 is 0 Å². The fraction of sp³-hybridized carbons (Fsp3) is 0.929. The molecule has 0 unspecified atom stereocenters. The summed E-state index contributed by atoms with van der Waals surface area (Å²) in [7, 11) is 0. The molecule has 0 heterocycles. The van der Waals surface area contributed by atoms with Crippen LogP contribution >= 0.6 is 12.4 Å². The maximum absolute atomic E-state index is 12.3. The minimum atomic E-state index is -0.565. The smallest absolute Gasteiger partial charge is 0.240 e. The predicted octanol–water partition coefficient (Wildman–Crippen LogP) is 2.91. The van der Waals surface area contributed by atoms with Crippen molar-refractivity contribution in [2.24, 2.45) is 5.73 Å². The lowest BCUT2D eigenvalue weighted by Gasteiger charge is -2.33. The molecule has 0 saturated heterocycles. The van der Waals surface area contributed by atoms with Gasteiger partial charge in [-0.05, 0) is 25.7 Å². The number of amides is 1. The normalized spacial score (nSPS) is 24.7. The van der Waals surface area contributed by atoms with Gasteiger partial charge in [-0.2, -0.15) is 0 Å². The number of halogens is 1. The van der Waals surface area contributed by atoms with Gasteiger partial charge >= 0.3 is 0 Å². The van der Waals surface area contributed by atoms with Crippen LogP contribution in [-0.4, -0.2) is 17.5 Å². The molecule has 1 amide bonds. The first-order valence-corrected chi connectivity index (χ1v) is 7.31. The van der Waals surface area contributed by atoms with Crippen LogP contribution in [0.5, 0.6) is 0 Å². The molecule has 4 heteroatoms. The highest BCUT2D eigenvalue weighted by Gasteiger charge is 2.36. The molecule has 2 fully saturated rings. The molecule has 3 N–H and O–H groups in total. The average Bonchev–Trinajstić information content (AvgIpc) is 2.58. The lowest BCUT2D eigenvalue weighted by molar-refractivity contribution is -0.128. The Morgan fingerprint density at radius 2 is 1.44 bits per heavy atom. The SMILES string of the molecule is Cl.NC1(C(=O)NC2CCCCCC2)CCCCC1. The monoisotopic (exact) mass is 274 g/mol. The maximum atomic E-state index is 12.3. The number of nitrogens with one attached hydrogen (secondary N) is 1. The van der Waals surface area contributed by atoms with Crippen molar-refractivity contribution in [3.8, 4) is 0 Å². The van der Waals surface area contributed by atoms with Gasteiger partial charge in [0, 0.05) is 6.04 Å². The van der Waals surface area contributed by atoms with Crippen LogP contribution in [0, 0.1) is 0 Å². The Labute approximate surface area is 117 Å². The van der Waals surface area contributed by atoms with Crippen molar-refractivity contribution >= 4 is 18.3 Å². The lowest BCUT2D eigenvalue weighted by Crippen LogP contribution is -2.57. The van der Waals surface area contributed by atoms with Gasteiger partial charge in [-0.1, -0.05) is 44.9 Å². The van der Waals surface area contributed by atoms with E-state index in [9.17, 15) is 4.79 Å². The van der Waals surface area contributed by atoms with Gasteiger partial charge in [-0.3, -0.25) is 4.79 Å². The lowest BCUT2D eigenvalue weighted by atomic mass is 9.81. The molecule has 0 spiro atoms. The Morgan fingerprint density at radius 1 is 0.944 bits per heavy atom. The van der Waals surface area contributed by atoms with E-state index in [1.807, 2.05) is 0 Å². The molecular formula is C14H27ClN2O. The third-order valence-electron chi connectivity index (χ3n) is 4.39. The first-order valence-electron chi connectivity index (χ1n) is 7.31. The Kier molecular flexibility index (Phi) is 6.44. The number of hydrogen-bond acceptors (Lipinski definition) is 2. The summed E-state index contributed by atoms with van der Waals surface area (Å²) in [5.74, 6) is 0.115. The molecule has 2 aliphatic rings. The molecule has 0 radical (unpaired) electrons. The topological polar surface area (TPSA) is 55.1 Å². The van der Waals surface area contributed by atoms with E-state index in [0.717, 1.165) is 38.5 Å². The number of hydrogen-bond donors (Lipinski definition) is 2. The first-order chi connectivity index (χ1) is 8.21. The molecule has 3 nitrogen and oxygen atoms in total. The summed E-state index contributed by atoms with van der Waals surface area (Å²) in [6.45, 7) is 0. The van der Waals surface area contributed by atoms with E-state index in [1.54, 1.807) is 0 Å². The number of nitrogens with two attached hydrogens (primary N) is 1. The van der Waals surface area contributed by atoms with Gasteiger partial charge in [0.2, 0.25) is 5.91 Å². The molecule has 0 aromatic heterocycles. The number of carbonyl (C=O) groups excluding carboxylic acids is 1. The van der Waals surface area contributed by atoms with Gasteiger partial charge < -0.3 is 11.1 Å². The second-order valence-electron chi connectivity index (χ2n) is 5.88. The van der Waals surface area contributed by atoms with Crippen molar-refractivity contribution in [2.75, 3.05) is 0 Å².